The lowest BCUT2D eigenvalue weighted by Gasteiger charge is -2.08. The molecular weight excluding hydrogens is 228 g/mol. The Balaban J connectivity index is 3.31. The van der Waals surface area contributed by atoms with Gasteiger partial charge < -0.3 is 9.47 Å². The predicted molar refractivity (Wildman–Crippen MR) is 62.5 cm³/mol. The van der Waals surface area contributed by atoms with Gasteiger partial charge in [0.2, 0.25) is 0 Å². The van der Waals surface area contributed by atoms with E-state index in [1.807, 2.05) is 0 Å². The Morgan fingerprint density at radius 3 is 2.50 bits per heavy atom. The first-order valence-electron chi connectivity index (χ1n) is 4.52. The quantitative estimate of drug-likeness (QED) is 0.460. The number of hydrogen-bond acceptors (Lipinski definition) is 3. The van der Waals surface area contributed by atoms with E-state index in [9.17, 15) is 4.79 Å². The summed E-state index contributed by atoms with van der Waals surface area (Å²) in [5, 5.41) is 0. The van der Waals surface area contributed by atoms with Crippen molar-refractivity contribution in [2.45, 2.75) is 0 Å². The van der Waals surface area contributed by atoms with E-state index < -0.39 is 0 Å². The van der Waals surface area contributed by atoms with Gasteiger partial charge in [0.1, 0.15) is 11.5 Å². The van der Waals surface area contributed by atoms with Gasteiger partial charge in [-0.15, -0.1) is 11.6 Å². The molecule has 4 heteroatoms. The van der Waals surface area contributed by atoms with Gasteiger partial charge in [-0.3, -0.25) is 4.79 Å². The molecule has 0 aliphatic heterocycles. The standard InChI is InChI=1S/C12H11ClO3/c1-15-11-7-10(8-14)12(16-2)6-9(11)4-3-5-13/h6-8H,5H2,1-2H3. The average molecular weight is 239 g/mol. The third-order valence-electron chi connectivity index (χ3n) is 1.97. The first-order valence-corrected chi connectivity index (χ1v) is 5.06. The van der Waals surface area contributed by atoms with E-state index in [-0.39, 0.29) is 5.88 Å². The number of methoxy groups -OCH3 is 2. The molecule has 1 aromatic carbocycles. The van der Waals surface area contributed by atoms with Gasteiger partial charge >= 0.3 is 0 Å². The van der Waals surface area contributed by atoms with Gasteiger partial charge in [0.15, 0.2) is 6.29 Å². The van der Waals surface area contributed by atoms with Gasteiger partial charge in [-0.05, 0) is 6.07 Å². The van der Waals surface area contributed by atoms with Crippen molar-refractivity contribution in [3.63, 3.8) is 0 Å². The SMILES string of the molecule is COc1cc(C=O)c(OC)cc1C#CCCl. The van der Waals surface area contributed by atoms with Crippen molar-refractivity contribution in [3.8, 4) is 23.3 Å². The Kier molecular flexibility index (Phi) is 4.68. The van der Waals surface area contributed by atoms with Crippen molar-refractivity contribution in [2.24, 2.45) is 0 Å². The summed E-state index contributed by atoms with van der Waals surface area (Å²) >= 11 is 5.48. The predicted octanol–water partition coefficient (Wildman–Crippen LogP) is 2.11. The van der Waals surface area contributed by atoms with Gasteiger partial charge in [-0.1, -0.05) is 11.8 Å². The number of alkyl halides is 1. The summed E-state index contributed by atoms with van der Waals surface area (Å²) in [7, 11) is 3.01. The van der Waals surface area contributed by atoms with E-state index in [2.05, 4.69) is 11.8 Å². The monoisotopic (exact) mass is 238 g/mol. The highest BCUT2D eigenvalue weighted by molar-refractivity contribution is 6.19. The molecule has 0 spiro atoms. The van der Waals surface area contributed by atoms with Crippen molar-refractivity contribution in [1.29, 1.82) is 0 Å². The first kappa shape index (κ1) is 12.4. The average Bonchev–Trinajstić information content (AvgIpc) is 2.35. The van der Waals surface area contributed by atoms with Crippen LogP contribution in [0, 0.1) is 11.8 Å². The second-order valence-electron chi connectivity index (χ2n) is 2.85. The summed E-state index contributed by atoms with van der Waals surface area (Å²) in [4.78, 5) is 10.8. The number of carbonyl (C=O) groups excluding carboxylic acids is 1. The Morgan fingerprint density at radius 1 is 1.31 bits per heavy atom. The lowest BCUT2D eigenvalue weighted by atomic mass is 10.1. The lowest BCUT2D eigenvalue weighted by Crippen LogP contribution is -1.95. The molecule has 0 unspecified atom stereocenters. The molecule has 0 aromatic heterocycles. The van der Waals surface area contributed by atoms with E-state index in [0.717, 1.165) is 0 Å². The lowest BCUT2D eigenvalue weighted by molar-refractivity contribution is 0.112. The van der Waals surface area contributed by atoms with Gasteiger partial charge in [-0.25, -0.2) is 0 Å². The number of carbonyl (C=O) groups is 1. The van der Waals surface area contributed by atoms with Gasteiger partial charge in [0.25, 0.3) is 0 Å². The van der Waals surface area contributed by atoms with Crippen LogP contribution in [0.5, 0.6) is 11.5 Å². The maximum absolute atomic E-state index is 10.8. The minimum absolute atomic E-state index is 0.237. The van der Waals surface area contributed by atoms with Crippen molar-refractivity contribution in [3.05, 3.63) is 23.3 Å². The summed E-state index contributed by atoms with van der Waals surface area (Å²) in [5.41, 5.74) is 1.07. The maximum atomic E-state index is 10.8. The van der Waals surface area contributed by atoms with Crippen LogP contribution in [-0.2, 0) is 0 Å². The fourth-order valence-corrected chi connectivity index (χ4v) is 1.31. The summed E-state index contributed by atoms with van der Waals surface area (Å²) in [6.45, 7) is 0. The minimum atomic E-state index is 0.237. The molecule has 0 amide bonds. The fourth-order valence-electron chi connectivity index (χ4n) is 1.24. The molecule has 0 N–H and O–H groups in total. The van der Waals surface area contributed by atoms with Crippen molar-refractivity contribution in [2.75, 3.05) is 20.1 Å². The largest absolute Gasteiger partial charge is 0.496 e. The number of hydrogen-bond donors (Lipinski definition) is 0. The molecule has 0 heterocycles. The molecule has 0 saturated heterocycles. The molecule has 0 atom stereocenters. The maximum Gasteiger partial charge on any atom is 0.153 e. The Bertz CT molecular complexity index is 444. The van der Waals surface area contributed by atoms with Crippen LogP contribution < -0.4 is 9.47 Å². The Hall–Kier alpha value is -1.66. The molecule has 16 heavy (non-hydrogen) atoms. The number of benzene rings is 1. The van der Waals surface area contributed by atoms with Gasteiger partial charge in [-0.2, -0.15) is 0 Å². The fraction of sp³-hybridized carbons (Fsp3) is 0.250. The second kappa shape index (κ2) is 6.04. The number of halogens is 1. The number of ether oxygens (including phenoxy) is 2. The van der Waals surface area contributed by atoms with Crippen LogP contribution in [0.3, 0.4) is 0 Å². The number of rotatable bonds is 3. The van der Waals surface area contributed by atoms with Crippen LogP contribution in [0.1, 0.15) is 15.9 Å². The minimum Gasteiger partial charge on any atom is -0.496 e. The Labute approximate surface area is 99.3 Å². The normalized spacial score (nSPS) is 8.94. The smallest absolute Gasteiger partial charge is 0.153 e. The van der Waals surface area contributed by atoms with Crippen LogP contribution in [0.15, 0.2) is 12.1 Å². The van der Waals surface area contributed by atoms with Crippen molar-refractivity contribution in [1.82, 2.24) is 0 Å². The number of aldehydes is 1. The molecule has 1 rings (SSSR count). The summed E-state index contributed by atoms with van der Waals surface area (Å²) in [6.07, 6.45) is 0.708. The summed E-state index contributed by atoms with van der Waals surface area (Å²) in [6, 6.07) is 3.24. The summed E-state index contributed by atoms with van der Waals surface area (Å²) in [5.74, 6) is 6.79. The zero-order valence-corrected chi connectivity index (χ0v) is 9.80. The van der Waals surface area contributed by atoms with Crippen LogP contribution >= 0.6 is 11.6 Å². The van der Waals surface area contributed by atoms with E-state index in [4.69, 9.17) is 21.1 Å². The van der Waals surface area contributed by atoms with Crippen molar-refractivity contribution < 1.29 is 14.3 Å². The van der Waals surface area contributed by atoms with Crippen LogP contribution in [-0.4, -0.2) is 26.4 Å². The van der Waals surface area contributed by atoms with E-state index in [1.165, 1.54) is 14.2 Å². The second-order valence-corrected chi connectivity index (χ2v) is 3.11. The molecule has 0 saturated carbocycles. The highest BCUT2D eigenvalue weighted by Crippen LogP contribution is 2.27. The molecule has 0 radical (unpaired) electrons. The highest BCUT2D eigenvalue weighted by atomic mass is 35.5. The van der Waals surface area contributed by atoms with Crippen LogP contribution in [0.4, 0.5) is 0 Å². The van der Waals surface area contributed by atoms with E-state index in [0.29, 0.717) is 28.9 Å². The molecule has 0 aliphatic rings. The zero-order chi connectivity index (χ0) is 12.0. The third kappa shape index (κ3) is 2.68. The summed E-state index contributed by atoms with van der Waals surface area (Å²) < 4.78 is 10.2. The molecule has 0 aliphatic carbocycles. The van der Waals surface area contributed by atoms with Crippen molar-refractivity contribution >= 4 is 17.9 Å². The zero-order valence-electron chi connectivity index (χ0n) is 9.04. The molecule has 84 valence electrons. The van der Waals surface area contributed by atoms with Gasteiger partial charge in [0.05, 0.1) is 31.2 Å². The van der Waals surface area contributed by atoms with Gasteiger partial charge in [0, 0.05) is 6.07 Å². The van der Waals surface area contributed by atoms with E-state index >= 15 is 0 Å². The molecule has 0 bridgehead atoms. The molecule has 0 fully saturated rings. The van der Waals surface area contributed by atoms with Crippen LogP contribution in [0.2, 0.25) is 0 Å². The molecule has 1 aromatic rings. The third-order valence-corrected chi connectivity index (χ3v) is 2.10. The highest BCUT2D eigenvalue weighted by Gasteiger charge is 2.08. The molecular formula is C12H11ClO3. The topological polar surface area (TPSA) is 35.5 Å². The Morgan fingerprint density at radius 2 is 2.00 bits per heavy atom. The van der Waals surface area contributed by atoms with E-state index in [1.54, 1.807) is 12.1 Å². The molecule has 3 nitrogen and oxygen atoms in total. The first-order chi connectivity index (χ1) is 7.76. The van der Waals surface area contributed by atoms with Crippen LogP contribution in [0.25, 0.3) is 0 Å².